The van der Waals surface area contributed by atoms with Crippen LogP contribution >= 0.6 is 11.8 Å². The minimum Gasteiger partial charge on any atom is -0.364 e. The standard InChI is InChI=1S/C28H27N3OS/c32-23-18-33-25(20-11-5-2-6-12-20)24-26-28(15-16-30(26)17-19-9-3-1-4-10-19)21-13-7-8-14-22(21)29-27(28)31(23)24/h1-14,24-27,29H,15-18H2/t24-,25-,26-,27-,28+/m1/s1. The van der Waals surface area contributed by atoms with Crippen molar-refractivity contribution in [1.29, 1.82) is 0 Å². The maximum absolute atomic E-state index is 13.5. The van der Waals surface area contributed by atoms with E-state index in [1.165, 1.54) is 22.4 Å². The molecule has 0 saturated carbocycles. The first-order valence-corrected chi connectivity index (χ1v) is 12.9. The number of carbonyl (C=O) groups excluding carboxylic acids is 1. The Morgan fingerprint density at radius 3 is 2.48 bits per heavy atom. The lowest BCUT2D eigenvalue weighted by atomic mass is 9.73. The van der Waals surface area contributed by atoms with Crippen LogP contribution in [0.3, 0.4) is 0 Å². The molecule has 0 aromatic heterocycles. The Bertz CT molecular complexity index is 1200. The van der Waals surface area contributed by atoms with Gasteiger partial charge in [0.05, 0.1) is 22.5 Å². The van der Waals surface area contributed by atoms with Crippen LogP contribution in [0.25, 0.3) is 0 Å². The highest BCUT2D eigenvalue weighted by Crippen LogP contribution is 2.62. The van der Waals surface area contributed by atoms with Gasteiger partial charge in [0.2, 0.25) is 5.91 Å². The zero-order chi connectivity index (χ0) is 22.0. The topological polar surface area (TPSA) is 35.6 Å². The summed E-state index contributed by atoms with van der Waals surface area (Å²) in [5, 5.41) is 4.09. The maximum Gasteiger partial charge on any atom is 0.234 e. The molecular formula is C28H27N3OS. The van der Waals surface area contributed by atoms with Crippen LogP contribution < -0.4 is 5.32 Å². The molecule has 3 saturated heterocycles. The number of anilines is 1. The second-order valence-corrected chi connectivity index (χ2v) is 10.8. The lowest BCUT2D eigenvalue weighted by Crippen LogP contribution is -2.54. The predicted molar refractivity (Wildman–Crippen MR) is 133 cm³/mol. The molecule has 1 amide bonds. The molecule has 3 aromatic carbocycles. The van der Waals surface area contributed by atoms with Gasteiger partial charge in [-0.2, -0.15) is 0 Å². The molecule has 4 aliphatic heterocycles. The van der Waals surface area contributed by atoms with Gasteiger partial charge in [-0.1, -0.05) is 78.9 Å². The fourth-order valence-electron chi connectivity index (χ4n) is 7.02. The number of carbonyl (C=O) groups is 1. The van der Waals surface area contributed by atoms with Crippen molar-refractivity contribution < 1.29 is 4.79 Å². The van der Waals surface area contributed by atoms with E-state index in [0.717, 1.165) is 19.5 Å². The van der Waals surface area contributed by atoms with Crippen LogP contribution in [0.15, 0.2) is 84.9 Å². The number of nitrogens with zero attached hydrogens (tertiary/aromatic N) is 2. The lowest BCUT2D eigenvalue weighted by molar-refractivity contribution is -0.132. The molecule has 166 valence electrons. The molecule has 7 rings (SSSR count). The zero-order valence-corrected chi connectivity index (χ0v) is 19.2. The molecule has 5 heteroatoms. The number of fused-ring (bicyclic) bond motifs is 4. The number of benzene rings is 3. The quantitative estimate of drug-likeness (QED) is 0.626. The van der Waals surface area contributed by atoms with Crippen molar-refractivity contribution in [2.45, 2.75) is 41.9 Å². The van der Waals surface area contributed by atoms with Gasteiger partial charge in [0, 0.05) is 18.3 Å². The Balaban J connectivity index is 1.39. The highest BCUT2D eigenvalue weighted by molar-refractivity contribution is 8.00. The van der Waals surface area contributed by atoms with Gasteiger partial charge in [0.15, 0.2) is 0 Å². The van der Waals surface area contributed by atoms with Crippen LogP contribution in [0.2, 0.25) is 0 Å². The molecule has 3 aromatic rings. The Kier molecular flexibility index (Phi) is 4.40. The first-order valence-electron chi connectivity index (χ1n) is 11.9. The number of rotatable bonds is 3. The van der Waals surface area contributed by atoms with Gasteiger partial charge in [-0.3, -0.25) is 9.69 Å². The molecule has 0 unspecified atom stereocenters. The van der Waals surface area contributed by atoms with Gasteiger partial charge in [0.25, 0.3) is 0 Å². The molecule has 4 heterocycles. The van der Waals surface area contributed by atoms with Crippen molar-refractivity contribution in [3.8, 4) is 0 Å². The number of hydrogen-bond acceptors (Lipinski definition) is 4. The molecule has 4 nitrogen and oxygen atoms in total. The van der Waals surface area contributed by atoms with Gasteiger partial charge >= 0.3 is 0 Å². The third-order valence-corrected chi connectivity index (χ3v) is 9.53. The van der Waals surface area contributed by atoms with E-state index in [1.807, 2.05) is 11.8 Å². The zero-order valence-electron chi connectivity index (χ0n) is 18.4. The first-order chi connectivity index (χ1) is 16.3. The summed E-state index contributed by atoms with van der Waals surface area (Å²) < 4.78 is 0. The molecule has 0 bridgehead atoms. The Morgan fingerprint density at radius 1 is 0.939 bits per heavy atom. The van der Waals surface area contributed by atoms with Crippen LogP contribution in [-0.2, 0) is 16.8 Å². The van der Waals surface area contributed by atoms with Crippen molar-refractivity contribution in [3.05, 3.63) is 102 Å². The number of likely N-dealkylation sites (tertiary alicyclic amines) is 1. The van der Waals surface area contributed by atoms with E-state index in [2.05, 4.69) is 100 Å². The highest BCUT2D eigenvalue weighted by Gasteiger charge is 2.70. The molecule has 1 N–H and O–H groups in total. The SMILES string of the molecule is O=C1CS[C@H](c2ccccc2)[C@@H]2[C@H]3N(Cc4ccccc4)CC[C@]34c3ccccc3N[C@@H]4N12. The Hall–Kier alpha value is -2.76. The number of amides is 1. The van der Waals surface area contributed by atoms with E-state index in [9.17, 15) is 4.79 Å². The van der Waals surface area contributed by atoms with Crippen molar-refractivity contribution in [2.24, 2.45) is 0 Å². The lowest BCUT2D eigenvalue weighted by Gasteiger charge is -2.43. The van der Waals surface area contributed by atoms with Crippen LogP contribution in [0.4, 0.5) is 5.69 Å². The van der Waals surface area contributed by atoms with Crippen molar-refractivity contribution >= 4 is 23.4 Å². The molecule has 5 atom stereocenters. The Labute approximate surface area is 199 Å². The second-order valence-electron chi connectivity index (χ2n) is 9.72. The van der Waals surface area contributed by atoms with E-state index in [1.54, 1.807) is 0 Å². The maximum atomic E-state index is 13.5. The van der Waals surface area contributed by atoms with Crippen molar-refractivity contribution in [1.82, 2.24) is 9.80 Å². The van der Waals surface area contributed by atoms with Crippen molar-refractivity contribution in [2.75, 3.05) is 17.6 Å². The average Bonchev–Trinajstić information content (AvgIpc) is 3.47. The summed E-state index contributed by atoms with van der Waals surface area (Å²) in [5.74, 6) is 0.822. The molecule has 1 spiro atoms. The normalized spacial score (nSPS) is 32.1. The molecule has 3 fully saturated rings. The molecule has 33 heavy (non-hydrogen) atoms. The summed E-state index contributed by atoms with van der Waals surface area (Å²) in [4.78, 5) is 18.4. The third kappa shape index (κ3) is 2.72. The molecular weight excluding hydrogens is 426 g/mol. The van der Waals surface area contributed by atoms with Gasteiger partial charge in [0.1, 0.15) is 6.17 Å². The van der Waals surface area contributed by atoms with E-state index >= 15 is 0 Å². The summed E-state index contributed by atoms with van der Waals surface area (Å²) in [7, 11) is 0. The number of hydrogen-bond donors (Lipinski definition) is 1. The third-order valence-electron chi connectivity index (χ3n) is 8.21. The smallest absolute Gasteiger partial charge is 0.234 e. The van der Waals surface area contributed by atoms with E-state index < -0.39 is 0 Å². The summed E-state index contributed by atoms with van der Waals surface area (Å²) in [6.45, 7) is 1.98. The number of thioether (sulfide) groups is 1. The van der Waals surface area contributed by atoms with Crippen LogP contribution in [0.1, 0.15) is 28.4 Å². The van der Waals surface area contributed by atoms with E-state index in [-0.39, 0.29) is 34.8 Å². The van der Waals surface area contributed by atoms with E-state index in [4.69, 9.17) is 0 Å². The highest BCUT2D eigenvalue weighted by atomic mass is 32.2. The number of nitrogens with one attached hydrogen (secondary N) is 1. The van der Waals surface area contributed by atoms with Crippen LogP contribution in [0.5, 0.6) is 0 Å². The van der Waals surface area contributed by atoms with Gasteiger partial charge < -0.3 is 10.2 Å². The average molecular weight is 454 g/mol. The van der Waals surface area contributed by atoms with Gasteiger partial charge in [-0.05, 0) is 35.7 Å². The summed E-state index contributed by atoms with van der Waals surface area (Å²) >= 11 is 1.83. The van der Waals surface area contributed by atoms with Gasteiger partial charge in [-0.25, -0.2) is 0 Å². The first kappa shape index (κ1) is 19.7. The molecule has 4 aliphatic rings. The molecule has 0 radical (unpaired) electrons. The van der Waals surface area contributed by atoms with E-state index in [0.29, 0.717) is 5.75 Å². The summed E-state index contributed by atoms with van der Waals surface area (Å²) in [6, 6.07) is 30.8. The van der Waals surface area contributed by atoms with Crippen LogP contribution in [-0.4, -0.2) is 46.3 Å². The monoisotopic (exact) mass is 453 g/mol. The predicted octanol–water partition coefficient (Wildman–Crippen LogP) is 4.65. The summed E-state index contributed by atoms with van der Waals surface area (Å²) in [6.07, 6.45) is 1.11. The molecule has 0 aliphatic carbocycles. The number of para-hydroxylation sites is 1. The Morgan fingerprint density at radius 2 is 1.67 bits per heavy atom. The fraction of sp³-hybridized carbons (Fsp3) is 0.321. The largest absolute Gasteiger partial charge is 0.364 e. The second kappa shape index (κ2) is 7.37. The van der Waals surface area contributed by atoms with Crippen molar-refractivity contribution in [3.63, 3.8) is 0 Å². The fourth-order valence-corrected chi connectivity index (χ4v) is 8.32. The minimum atomic E-state index is -0.0658. The summed E-state index contributed by atoms with van der Waals surface area (Å²) in [5.41, 5.74) is 5.21. The van der Waals surface area contributed by atoms with Crippen LogP contribution in [0, 0.1) is 0 Å². The minimum absolute atomic E-state index is 0.0327. The van der Waals surface area contributed by atoms with Gasteiger partial charge in [-0.15, -0.1) is 11.8 Å².